The highest BCUT2D eigenvalue weighted by Gasteiger charge is 2.15. The van der Waals surface area contributed by atoms with Gasteiger partial charge in [-0.25, -0.2) is 0 Å². The molecular formula is C21H19ClN2O2. The number of carbonyl (C=O) groups is 1. The second-order valence-corrected chi connectivity index (χ2v) is 6.43. The average Bonchev–Trinajstić information content (AvgIpc) is 2.64. The van der Waals surface area contributed by atoms with Crippen molar-refractivity contribution < 1.29 is 9.53 Å². The number of halogens is 1. The highest BCUT2D eigenvalue weighted by Crippen LogP contribution is 2.34. The van der Waals surface area contributed by atoms with Crippen LogP contribution in [-0.2, 0) is 0 Å². The molecule has 0 bridgehead atoms. The summed E-state index contributed by atoms with van der Waals surface area (Å²) in [6.07, 6.45) is 1.67. The van der Waals surface area contributed by atoms with Gasteiger partial charge in [-0.1, -0.05) is 29.3 Å². The monoisotopic (exact) mass is 366 g/mol. The van der Waals surface area contributed by atoms with E-state index in [1.54, 1.807) is 43.6 Å². The van der Waals surface area contributed by atoms with E-state index in [-0.39, 0.29) is 5.91 Å². The molecule has 26 heavy (non-hydrogen) atoms. The Morgan fingerprint density at radius 1 is 1.12 bits per heavy atom. The predicted molar refractivity (Wildman–Crippen MR) is 105 cm³/mol. The third-order valence-corrected chi connectivity index (χ3v) is 4.41. The van der Waals surface area contributed by atoms with Crippen molar-refractivity contribution >= 4 is 23.2 Å². The van der Waals surface area contributed by atoms with E-state index in [2.05, 4.69) is 10.3 Å². The molecule has 1 N–H and O–H groups in total. The lowest BCUT2D eigenvalue weighted by atomic mass is 10.1. The second-order valence-electron chi connectivity index (χ2n) is 6.02. The number of amides is 1. The van der Waals surface area contributed by atoms with Crippen LogP contribution in [-0.4, -0.2) is 18.0 Å². The number of nitrogens with zero attached hydrogens (tertiary/aromatic N) is 1. The predicted octanol–water partition coefficient (Wildman–Crippen LogP) is 5.28. The molecule has 0 saturated carbocycles. The molecule has 3 rings (SSSR count). The molecule has 1 heterocycles. The molecule has 0 saturated heterocycles. The van der Waals surface area contributed by atoms with E-state index in [9.17, 15) is 4.79 Å². The second kappa shape index (κ2) is 7.58. The van der Waals surface area contributed by atoms with Gasteiger partial charge in [0.05, 0.1) is 17.8 Å². The van der Waals surface area contributed by atoms with E-state index in [4.69, 9.17) is 16.3 Å². The zero-order valence-corrected chi connectivity index (χ0v) is 15.6. The minimum Gasteiger partial charge on any atom is -0.496 e. The Labute approximate surface area is 157 Å². The number of rotatable bonds is 4. The van der Waals surface area contributed by atoms with Gasteiger partial charge in [0.25, 0.3) is 5.91 Å². The summed E-state index contributed by atoms with van der Waals surface area (Å²) < 4.78 is 5.46. The van der Waals surface area contributed by atoms with Crippen LogP contribution < -0.4 is 10.1 Å². The number of aryl methyl sites for hydroxylation is 2. The van der Waals surface area contributed by atoms with Crippen LogP contribution in [0, 0.1) is 13.8 Å². The van der Waals surface area contributed by atoms with Crippen LogP contribution in [0.1, 0.15) is 21.5 Å². The van der Waals surface area contributed by atoms with E-state index in [0.717, 1.165) is 22.4 Å². The molecule has 0 atom stereocenters. The zero-order valence-electron chi connectivity index (χ0n) is 14.8. The number of benzene rings is 2. The van der Waals surface area contributed by atoms with Crippen LogP contribution in [0.4, 0.5) is 5.69 Å². The van der Waals surface area contributed by atoms with E-state index in [1.165, 1.54) is 0 Å². The molecule has 0 spiro atoms. The average molecular weight is 367 g/mol. The third kappa shape index (κ3) is 3.70. The maximum absolute atomic E-state index is 12.6. The van der Waals surface area contributed by atoms with Crippen LogP contribution in [0.15, 0.2) is 54.7 Å². The van der Waals surface area contributed by atoms with E-state index >= 15 is 0 Å². The van der Waals surface area contributed by atoms with Crippen molar-refractivity contribution in [3.63, 3.8) is 0 Å². The quantitative estimate of drug-likeness (QED) is 0.683. The number of hydrogen-bond acceptors (Lipinski definition) is 3. The number of anilines is 1. The van der Waals surface area contributed by atoms with Crippen molar-refractivity contribution in [2.24, 2.45) is 0 Å². The van der Waals surface area contributed by atoms with Gasteiger partial charge in [0.1, 0.15) is 5.75 Å². The minimum atomic E-state index is -0.200. The van der Waals surface area contributed by atoms with Crippen molar-refractivity contribution in [3.05, 3.63) is 76.4 Å². The first-order valence-electron chi connectivity index (χ1n) is 8.17. The van der Waals surface area contributed by atoms with Crippen LogP contribution >= 0.6 is 11.6 Å². The van der Waals surface area contributed by atoms with Crippen molar-refractivity contribution in [2.75, 3.05) is 12.4 Å². The SMILES string of the molecule is COc1cc(C(=O)Nc2ccc(C)cc2C)ccc1-c1ncccc1Cl. The van der Waals surface area contributed by atoms with Gasteiger partial charge in [0, 0.05) is 23.0 Å². The summed E-state index contributed by atoms with van der Waals surface area (Å²) in [6, 6.07) is 14.7. The van der Waals surface area contributed by atoms with E-state index < -0.39 is 0 Å². The maximum Gasteiger partial charge on any atom is 0.255 e. The Kier molecular flexibility index (Phi) is 5.24. The lowest BCUT2D eigenvalue weighted by molar-refractivity contribution is 0.102. The van der Waals surface area contributed by atoms with Gasteiger partial charge < -0.3 is 10.1 Å². The topological polar surface area (TPSA) is 51.2 Å². The standard InChI is InChI=1S/C21H19ClN2O2/c1-13-6-9-18(14(2)11-13)24-21(25)15-7-8-16(19(12-15)26-3)20-17(22)5-4-10-23-20/h4-12H,1-3H3,(H,24,25). The van der Waals surface area contributed by atoms with Crippen LogP contribution in [0.2, 0.25) is 5.02 Å². The van der Waals surface area contributed by atoms with E-state index in [1.807, 2.05) is 32.0 Å². The molecule has 0 radical (unpaired) electrons. The van der Waals surface area contributed by atoms with Crippen molar-refractivity contribution in [1.82, 2.24) is 4.98 Å². The first kappa shape index (κ1) is 18.0. The third-order valence-electron chi connectivity index (χ3n) is 4.11. The molecule has 5 heteroatoms. The summed E-state index contributed by atoms with van der Waals surface area (Å²) in [7, 11) is 1.56. The largest absolute Gasteiger partial charge is 0.496 e. The zero-order chi connectivity index (χ0) is 18.7. The Morgan fingerprint density at radius 3 is 2.62 bits per heavy atom. The number of nitrogens with one attached hydrogen (secondary N) is 1. The van der Waals surface area contributed by atoms with Gasteiger partial charge in [-0.3, -0.25) is 9.78 Å². The number of carbonyl (C=O) groups excluding carboxylic acids is 1. The number of ether oxygens (including phenoxy) is 1. The molecule has 4 nitrogen and oxygen atoms in total. The number of methoxy groups -OCH3 is 1. The number of aromatic nitrogens is 1. The lowest BCUT2D eigenvalue weighted by Crippen LogP contribution is -2.13. The molecule has 132 valence electrons. The summed E-state index contributed by atoms with van der Waals surface area (Å²) in [4.78, 5) is 16.9. The summed E-state index contributed by atoms with van der Waals surface area (Å²) >= 11 is 6.23. The van der Waals surface area contributed by atoms with Crippen molar-refractivity contribution in [2.45, 2.75) is 13.8 Å². The molecular weight excluding hydrogens is 348 g/mol. The maximum atomic E-state index is 12.6. The Hall–Kier alpha value is -2.85. The van der Waals surface area contributed by atoms with E-state index in [0.29, 0.717) is 22.0 Å². The summed E-state index contributed by atoms with van der Waals surface area (Å²) in [5.41, 5.74) is 4.81. The highest BCUT2D eigenvalue weighted by atomic mass is 35.5. The summed E-state index contributed by atoms with van der Waals surface area (Å²) in [5.74, 6) is 0.341. The van der Waals surface area contributed by atoms with Crippen molar-refractivity contribution in [1.29, 1.82) is 0 Å². The summed E-state index contributed by atoms with van der Waals surface area (Å²) in [6.45, 7) is 3.99. The minimum absolute atomic E-state index is 0.200. The fraction of sp³-hybridized carbons (Fsp3) is 0.143. The van der Waals surface area contributed by atoms with Gasteiger partial charge in [0.2, 0.25) is 0 Å². The molecule has 2 aromatic carbocycles. The molecule has 3 aromatic rings. The molecule has 0 unspecified atom stereocenters. The first-order valence-corrected chi connectivity index (χ1v) is 8.55. The highest BCUT2D eigenvalue weighted by molar-refractivity contribution is 6.33. The number of pyridine rings is 1. The van der Waals surface area contributed by atoms with Gasteiger partial charge in [-0.2, -0.15) is 0 Å². The lowest BCUT2D eigenvalue weighted by Gasteiger charge is -2.13. The van der Waals surface area contributed by atoms with Crippen LogP contribution in [0.25, 0.3) is 11.3 Å². The normalized spacial score (nSPS) is 10.5. The summed E-state index contributed by atoms with van der Waals surface area (Å²) in [5, 5.41) is 3.47. The fourth-order valence-corrected chi connectivity index (χ4v) is 2.98. The molecule has 0 aliphatic heterocycles. The van der Waals surface area contributed by atoms with Crippen molar-refractivity contribution in [3.8, 4) is 17.0 Å². The Morgan fingerprint density at radius 2 is 1.92 bits per heavy atom. The first-order chi connectivity index (χ1) is 12.5. The van der Waals surface area contributed by atoms with Crippen LogP contribution in [0.5, 0.6) is 5.75 Å². The van der Waals surface area contributed by atoms with Crippen LogP contribution in [0.3, 0.4) is 0 Å². The molecule has 0 aliphatic carbocycles. The Bertz CT molecular complexity index is 970. The smallest absolute Gasteiger partial charge is 0.255 e. The molecule has 1 amide bonds. The van der Waals surface area contributed by atoms with Gasteiger partial charge >= 0.3 is 0 Å². The van der Waals surface area contributed by atoms with Gasteiger partial charge in [0.15, 0.2) is 0 Å². The van der Waals surface area contributed by atoms with Gasteiger partial charge in [-0.05, 0) is 55.8 Å². The van der Waals surface area contributed by atoms with Gasteiger partial charge in [-0.15, -0.1) is 0 Å². The fourth-order valence-electron chi connectivity index (χ4n) is 2.76. The number of hydrogen-bond donors (Lipinski definition) is 1. The molecule has 1 aromatic heterocycles. The Balaban J connectivity index is 1.92. The molecule has 0 fully saturated rings. The molecule has 0 aliphatic rings.